The van der Waals surface area contributed by atoms with Crippen LogP contribution in [0.4, 0.5) is 11.5 Å². The molecule has 0 unspecified atom stereocenters. The fraction of sp³-hybridized carbons (Fsp3) is 0.286. The molecule has 1 saturated carbocycles. The number of pyridine rings is 1. The number of carbonyl (C=O) groups is 1. The number of hydrogen-bond acceptors (Lipinski definition) is 7. The molecule has 1 aliphatic carbocycles. The molecule has 1 fully saturated rings. The van der Waals surface area contributed by atoms with Gasteiger partial charge in [-0.15, -0.1) is 0 Å². The number of fused-ring (bicyclic) bond motifs is 1. The van der Waals surface area contributed by atoms with Crippen LogP contribution in [0.15, 0.2) is 55.4 Å². The highest BCUT2D eigenvalue weighted by atomic mass is 16.1. The van der Waals surface area contributed by atoms with Crippen LogP contribution in [0.5, 0.6) is 0 Å². The van der Waals surface area contributed by atoms with E-state index in [1.54, 1.807) is 40.2 Å². The van der Waals surface area contributed by atoms with E-state index in [9.17, 15) is 4.79 Å². The van der Waals surface area contributed by atoms with Crippen molar-refractivity contribution in [2.75, 3.05) is 10.6 Å². The number of nitrogens with one attached hydrogen (secondary N) is 2. The first-order chi connectivity index (χ1) is 15.2. The van der Waals surface area contributed by atoms with Gasteiger partial charge in [0.25, 0.3) is 5.91 Å². The molecule has 4 N–H and O–H groups in total. The lowest BCUT2D eigenvalue weighted by Crippen LogP contribution is -2.42. The molecule has 0 bridgehead atoms. The summed E-state index contributed by atoms with van der Waals surface area (Å²) >= 11 is 0. The zero-order valence-corrected chi connectivity index (χ0v) is 16.8. The van der Waals surface area contributed by atoms with Gasteiger partial charge in [0, 0.05) is 24.5 Å². The molecule has 1 aliphatic rings. The first kappa shape index (κ1) is 19.2. The molecule has 5 rings (SSSR count). The second-order valence-electron chi connectivity index (χ2n) is 7.68. The third-order valence-electron chi connectivity index (χ3n) is 5.52. The van der Waals surface area contributed by atoms with Crippen molar-refractivity contribution >= 4 is 23.1 Å². The Bertz CT molecular complexity index is 1200. The molecular weight excluding hydrogens is 394 g/mol. The van der Waals surface area contributed by atoms with Gasteiger partial charge < -0.3 is 16.4 Å². The molecule has 2 atom stereocenters. The van der Waals surface area contributed by atoms with E-state index < -0.39 is 0 Å². The molecule has 4 aromatic heterocycles. The molecule has 10 nitrogen and oxygen atoms in total. The van der Waals surface area contributed by atoms with Crippen LogP contribution in [0, 0.1) is 0 Å². The summed E-state index contributed by atoms with van der Waals surface area (Å²) in [5, 5.41) is 14.8. The average molecular weight is 417 g/mol. The second kappa shape index (κ2) is 8.15. The fourth-order valence-electron chi connectivity index (χ4n) is 3.85. The number of hydrogen-bond donors (Lipinski definition) is 3. The van der Waals surface area contributed by atoms with Gasteiger partial charge in [-0.2, -0.15) is 10.2 Å². The fourth-order valence-corrected chi connectivity index (χ4v) is 3.85. The van der Waals surface area contributed by atoms with Crippen LogP contribution in [-0.4, -0.2) is 47.4 Å². The Morgan fingerprint density at radius 3 is 2.87 bits per heavy atom. The summed E-state index contributed by atoms with van der Waals surface area (Å²) in [4.78, 5) is 21.6. The maximum Gasteiger partial charge on any atom is 0.261 e. The minimum absolute atomic E-state index is 0.107. The topological polar surface area (TPSA) is 128 Å². The quantitative estimate of drug-likeness (QED) is 0.454. The van der Waals surface area contributed by atoms with Crippen LogP contribution in [0.2, 0.25) is 0 Å². The molecule has 31 heavy (non-hydrogen) atoms. The zero-order chi connectivity index (χ0) is 21.2. The molecular formula is C21H23N9O. The van der Waals surface area contributed by atoms with E-state index in [0.29, 0.717) is 22.7 Å². The number of anilines is 2. The number of aromatic nitrogens is 6. The van der Waals surface area contributed by atoms with E-state index in [4.69, 9.17) is 5.73 Å². The van der Waals surface area contributed by atoms with Crippen molar-refractivity contribution in [2.24, 2.45) is 5.73 Å². The van der Waals surface area contributed by atoms with E-state index in [0.717, 1.165) is 31.4 Å². The first-order valence-corrected chi connectivity index (χ1v) is 10.3. The molecule has 10 heteroatoms. The summed E-state index contributed by atoms with van der Waals surface area (Å²) in [7, 11) is 0. The Morgan fingerprint density at radius 1 is 1.13 bits per heavy atom. The van der Waals surface area contributed by atoms with E-state index in [1.807, 2.05) is 18.2 Å². The highest BCUT2D eigenvalue weighted by Crippen LogP contribution is 2.21. The number of rotatable bonds is 5. The van der Waals surface area contributed by atoms with Crippen molar-refractivity contribution in [2.45, 2.75) is 37.8 Å². The molecule has 0 aliphatic heterocycles. The van der Waals surface area contributed by atoms with Gasteiger partial charge >= 0.3 is 0 Å². The number of carbonyl (C=O) groups excluding carboxylic acids is 1. The predicted molar refractivity (Wildman–Crippen MR) is 116 cm³/mol. The highest BCUT2D eigenvalue weighted by Gasteiger charge is 2.22. The smallest absolute Gasteiger partial charge is 0.261 e. The van der Waals surface area contributed by atoms with Gasteiger partial charge in [0.15, 0.2) is 5.65 Å². The molecule has 0 spiro atoms. The summed E-state index contributed by atoms with van der Waals surface area (Å²) in [6.07, 6.45) is 14.3. The minimum atomic E-state index is -0.306. The zero-order valence-electron chi connectivity index (χ0n) is 16.8. The van der Waals surface area contributed by atoms with Crippen molar-refractivity contribution in [3.05, 3.63) is 60.9 Å². The standard InChI is InChI=1S/C21H23N9O/c22-17-5-1-2-6-18(17)27-19-7-9-29-20(28-19)16(12-25-29)21(31)26-14-10-24-30(13-14)15-4-3-8-23-11-15/h3-4,7-13,17-18H,1-2,5-6,22H2,(H,26,31)(H,27,28)/t17-,18+/m1/s1. The van der Waals surface area contributed by atoms with Gasteiger partial charge in [-0.05, 0) is 31.0 Å². The minimum Gasteiger partial charge on any atom is -0.366 e. The molecule has 4 aromatic rings. The summed E-state index contributed by atoms with van der Waals surface area (Å²) in [6.45, 7) is 0. The van der Waals surface area contributed by atoms with Gasteiger partial charge in [-0.3, -0.25) is 9.78 Å². The molecule has 158 valence electrons. The molecule has 0 aromatic carbocycles. The maximum atomic E-state index is 12.9. The summed E-state index contributed by atoms with van der Waals surface area (Å²) in [6, 6.07) is 5.85. The third kappa shape index (κ3) is 3.97. The molecule has 1 amide bonds. The second-order valence-corrected chi connectivity index (χ2v) is 7.68. The highest BCUT2D eigenvalue weighted by molar-refractivity contribution is 6.08. The van der Waals surface area contributed by atoms with Crippen LogP contribution in [0.3, 0.4) is 0 Å². The molecule has 4 heterocycles. The van der Waals surface area contributed by atoms with Crippen molar-refractivity contribution < 1.29 is 4.79 Å². The normalized spacial score (nSPS) is 18.7. The summed E-state index contributed by atoms with van der Waals surface area (Å²) < 4.78 is 3.23. The Balaban J connectivity index is 1.35. The summed E-state index contributed by atoms with van der Waals surface area (Å²) in [5.41, 5.74) is 8.47. The number of amides is 1. The molecule has 0 saturated heterocycles. The van der Waals surface area contributed by atoms with Crippen LogP contribution >= 0.6 is 0 Å². The lowest BCUT2D eigenvalue weighted by atomic mass is 9.91. The number of nitrogens with two attached hydrogens (primary N) is 1. The lowest BCUT2D eigenvalue weighted by molar-refractivity contribution is 0.102. The van der Waals surface area contributed by atoms with Crippen molar-refractivity contribution in [3.63, 3.8) is 0 Å². The van der Waals surface area contributed by atoms with Gasteiger partial charge in [0.05, 0.1) is 36.2 Å². The maximum absolute atomic E-state index is 12.9. The van der Waals surface area contributed by atoms with Crippen LogP contribution in [-0.2, 0) is 0 Å². The number of nitrogens with zero attached hydrogens (tertiary/aromatic N) is 6. The Kier molecular flexibility index (Phi) is 5.04. The SMILES string of the molecule is N[C@@H]1CCCC[C@@H]1Nc1ccn2ncc(C(=O)Nc3cnn(-c4cccnc4)c3)c2n1. The van der Waals surface area contributed by atoms with Gasteiger partial charge in [-0.1, -0.05) is 12.8 Å². The van der Waals surface area contributed by atoms with Gasteiger partial charge in [-0.25, -0.2) is 14.2 Å². The van der Waals surface area contributed by atoms with E-state index in [1.165, 1.54) is 6.20 Å². The lowest BCUT2D eigenvalue weighted by Gasteiger charge is -2.29. The van der Waals surface area contributed by atoms with Crippen molar-refractivity contribution in [3.8, 4) is 5.69 Å². The Morgan fingerprint density at radius 2 is 2.03 bits per heavy atom. The Hall–Kier alpha value is -3.79. The average Bonchev–Trinajstić information content (AvgIpc) is 3.43. The largest absolute Gasteiger partial charge is 0.366 e. The predicted octanol–water partition coefficient (Wildman–Crippen LogP) is 2.24. The molecule has 0 radical (unpaired) electrons. The van der Waals surface area contributed by atoms with E-state index in [-0.39, 0.29) is 18.0 Å². The van der Waals surface area contributed by atoms with E-state index in [2.05, 4.69) is 30.8 Å². The van der Waals surface area contributed by atoms with Gasteiger partial charge in [0.1, 0.15) is 11.4 Å². The third-order valence-corrected chi connectivity index (χ3v) is 5.52. The van der Waals surface area contributed by atoms with Gasteiger partial charge in [0.2, 0.25) is 0 Å². The Labute approximate surface area is 178 Å². The monoisotopic (exact) mass is 417 g/mol. The van der Waals surface area contributed by atoms with Crippen LogP contribution in [0.1, 0.15) is 36.0 Å². The first-order valence-electron chi connectivity index (χ1n) is 10.3. The van der Waals surface area contributed by atoms with Crippen LogP contribution < -0.4 is 16.4 Å². The summed E-state index contributed by atoms with van der Waals surface area (Å²) in [5.74, 6) is 0.383. The van der Waals surface area contributed by atoms with Crippen molar-refractivity contribution in [1.82, 2.24) is 29.4 Å². The van der Waals surface area contributed by atoms with E-state index >= 15 is 0 Å². The van der Waals surface area contributed by atoms with Crippen LogP contribution in [0.25, 0.3) is 11.3 Å². The van der Waals surface area contributed by atoms with Crippen molar-refractivity contribution in [1.29, 1.82) is 0 Å².